The van der Waals surface area contributed by atoms with Crippen molar-refractivity contribution < 1.29 is 9.53 Å². The van der Waals surface area contributed by atoms with Gasteiger partial charge in [0.15, 0.2) is 5.69 Å². The number of carbonyl (C=O) groups excluding carboxylic acids is 1. The van der Waals surface area contributed by atoms with Crippen LogP contribution in [0.2, 0.25) is 0 Å². The zero-order chi connectivity index (χ0) is 16.4. The number of fused-ring (bicyclic) bond motifs is 1. The fourth-order valence-electron chi connectivity index (χ4n) is 2.58. The quantitative estimate of drug-likeness (QED) is 0.680. The highest BCUT2D eigenvalue weighted by Crippen LogP contribution is 2.13. The van der Waals surface area contributed by atoms with Crippen LogP contribution in [0.4, 0.5) is 0 Å². The summed E-state index contributed by atoms with van der Waals surface area (Å²) < 4.78 is 9.27. The molecule has 3 heterocycles. The lowest BCUT2D eigenvalue weighted by Crippen LogP contribution is -2.18. The number of carbonyl (C=O) groups is 1. The molecule has 0 saturated heterocycles. The standard InChI is InChI=1S/C17H20N4O2/c1-12(10-20-8-6-18-14(20)3)11-23-17(22)15-9-19-16-13(2)5-4-7-21(15)16/h4-9,12H,10-11H2,1-3H3. The van der Waals surface area contributed by atoms with Gasteiger partial charge in [-0.3, -0.25) is 4.40 Å². The van der Waals surface area contributed by atoms with Crippen molar-refractivity contribution in [3.63, 3.8) is 0 Å². The summed E-state index contributed by atoms with van der Waals surface area (Å²) in [6, 6.07) is 3.86. The Morgan fingerprint density at radius 2 is 2.13 bits per heavy atom. The first-order chi connectivity index (χ1) is 11.1. The van der Waals surface area contributed by atoms with E-state index in [0.717, 1.165) is 23.6 Å². The number of ether oxygens (including phenoxy) is 1. The molecular weight excluding hydrogens is 292 g/mol. The molecule has 0 N–H and O–H groups in total. The molecule has 6 nitrogen and oxygen atoms in total. The number of aromatic nitrogens is 4. The number of aryl methyl sites for hydroxylation is 2. The minimum Gasteiger partial charge on any atom is -0.461 e. The summed E-state index contributed by atoms with van der Waals surface area (Å²) in [5, 5.41) is 0. The number of hydrogen-bond acceptors (Lipinski definition) is 4. The Hall–Kier alpha value is -2.63. The van der Waals surface area contributed by atoms with E-state index in [1.54, 1.807) is 16.8 Å². The highest BCUT2D eigenvalue weighted by Gasteiger charge is 2.16. The highest BCUT2D eigenvalue weighted by atomic mass is 16.5. The summed E-state index contributed by atoms with van der Waals surface area (Å²) in [6.45, 7) is 7.10. The average molecular weight is 312 g/mol. The van der Waals surface area contributed by atoms with Crippen LogP contribution in [-0.4, -0.2) is 31.5 Å². The van der Waals surface area contributed by atoms with Crippen molar-refractivity contribution in [2.45, 2.75) is 27.3 Å². The molecule has 0 spiro atoms. The maximum absolute atomic E-state index is 12.3. The smallest absolute Gasteiger partial charge is 0.356 e. The molecule has 1 unspecified atom stereocenters. The lowest BCUT2D eigenvalue weighted by Gasteiger charge is -2.13. The van der Waals surface area contributed by atoms with Crippen LogP contribution in [0.3, 0.4) is 0 Å². The van der Waals surface area contributed by atoms with Crippen LogP contribution in [0.1, 0.15) is 28.8 Å². The second-order valence-electron chi connectivity index (χ2n) is 5.86. The Bertz CT molecular complexity index is 834. The Balaban J connectivity index is 1.65. The molecule has 23 heavy (non-hydrogen) atoms. The van der Waals surface area contributed by atoms with Gasteiger partial charge in [0.25, 0.3) is 0 Å². The minimum atomic E-state index is -0.350. The Morgan fingerprint density at radius 3 is 2.87 bits per heavy atom. The first kappa shape index (κ1) is 15.3. The third kappa shape index (κ3) is 3.11. The van der Waals surface area contributed by atoms with Crippen molar-refractivity contribution in [3.8, 4) is 0 Å². The van der Waals surface area contributed by atoms with Gasteiger partial charge in [-0.25, -0.2) is 14.8 Å². The Morgan fingerprint density at radius 1 is 1.30 bits per heavy atom. The maximum atomic E-state index is 12.3. The van der Waals surface area contributed by atoms with Crippen LogP contribution >= 0.6 is 0 Å². The monoisotopic (exact) mass is 312 g/mol. The Labute approximate surface area is 134 Å². The third-order valence-corrected chi connectivity index (χ3v) is 3.87. The predicted octanol–water partition coefficient (Wildman–Crippen LogP) is 2.64. The molecule has 120 valence electrons. The first-order valence-electron chi connectivity index (χ1n) is 7.64. The van der Waals surface area contributed by atoms with E-state index in [-0.39, 0.29) is 11.9 Å². The van der Waals surface area contributed by atoms with Crippen molar-refractivity contribution in [1.29, 1.82) is 0 Å². The molecular formula is C17H20N4O2. The molecule has 3 aromatic heterocycles. The van der Waals surface area contributed by atoms with Gasteiger partial charge in [0, 0.05) is 31.1 Å². The molecule has 0 saturated carbocycles. The number of nitrogens with zero attached hydrogens (tertiary/aromatic N) is 4. The van der Waals surface area contributed by atoms with Gasteiger partial charge in [-0.1, -0.05) is 13.0 Å². The van der Waals surface area contributed by atoms with Gasteiger partial charge in [-0.2, -0.15) is 0 Å². The van der Waals surface area contributed by atoms with Crippen molar-refractivity contribution in [1.82, 2.24) is 18.9 Å². The van der Waals surface area contributed by atoms with Gasteiger partial charge in [-0.15, -0.1) is 0 Å². The molecule has 1 atom stereocenters. The molecule has 0 fully saturated rings. The minimum absolute atomic E-state index is 0.202. The average Bonchev–Trinajstić information content (AvgIpc) is 3.13. The van der Waals surface area contributed by atoms with Crippen molar-refractivity contribution in [2.75, 3.05) is 6.61 Å². The van der Waals surface area contributed by atoms with Crippen molar-refractivity contribution in [2.24, 2.45) is 5.92 Å². The fraction of sp³-hybridized carbons (Fsp3) is 0.353. The number of rotatable bonds is 5. The zero-order valence-corrected chi connectivity index (χ0v) is 13.6. The van der Waals surface area contributed by atoms with E-state index in [1.165, 1.54) is 0 Å². The molecule has 3 rings (SSSR count). The van der Waals surface area contributed by atoms with Crippen molar-refractivity contribution >= 4 is 11.6 Å². The molecule has 0 bridgehead atoms. The number of hydrogen-bond donors (Lipinski definition) is 0. The summed E-state index contributed by atoms with van der Waals surface area (Å²) >= 11 is 0. The number of pyridine rings is 1. The summed E-state index contributed by atoms with van der Waals surface area (Å²) in [5.41, 5.74) is 2.26. The van der Waals surface area contributed by atoms with Crippen LogP contribution < -0.4 is 0 Å². The number of imidazole rings is 2. The Kier molecular flexibility index (Phi) is 4.14. The van der Waals surface area contributed by atoms with Gasteiger partial charge >= 0.3 is 5.97 Å². The zero-order valence-electron chi connectivity index (χ0n) is 13.6. The van der Waals surface area contributed by atoms with E-state index in [9.17, 15) is 4.79 Å². The van der Waals surface area contributed by atoms with E-state index < -0.39 is 0 Å². The molecule has 0 aliphatic rings. The van der Waals surface area contributed by atoms with Crippen LogP contribution in [0.15, 0.2) is 36.9 Å². The lowest BCUT2D eigenvalue weighted by atomic mass is 10.2. The molecule has 0 amide bonds. The van der Waals surface area contributed by atoms with Gasteiger partial charge in [-0.05, 0) is 25.5 Å². The van der Waals surface area contributed by atoms with Crippen LogP contribution in [-0.2, 0) is 11.3 Å². The molecule has 0 aliphatic heterocycles. The SMILES string of the molecule is Cc1cccn2c(C(=O)OCC(C)Cn3ccnc3C)cnc12. The van der Waals surface area contributed by atoms with E-state index in [4.69, 9.17) is 4.74 Å². The lowest BCUT2D eigenvalue weighted by molar-refractivity contribution is 0.0430. The van der Waals surface area contributed by atoms with Crippen LogP contribution in [0, 0.1) is 19.8 Å². The summed E-state index contributed by atoms with van der Waals surface area (Å²) in [7, 11) is 0. The van der Waals surface area contributed by atoms with Gasteiger partial charge < -0.3 is 9.30 Å². The van der Waals surface area contributed by atoms with E-state index in [2.05, 4.69) is 14.5 Å². The van der Waals surface area contributed by atoms with Gasteiger partial charge in [0.05, 0.1) is 12.8 Å². The normalized spacial score (nSPS) is 12.5. The molecule has 6 heteroatoms. The summed E-state index contributed by atoms with van der Waals surface area (Å²) in [6.07, 6.45) is 7.09. The largest absolute Gasteiger partial charge is 0.461 e. The second kappa shape index (κ2) is 6.24. The molecule has 0 aliphatic carbocycles. The van der Waals surface area contributed by atoms with Crippen LogP contribution in [0.5, 0.6) is 0 Å². The van der Waals surface area contributed by atoms with E-state index >= 15 is 0 Å². The predicted molar refractivity (Wildman–Crippen MR) is 86.3 cm³/mol. The molecule has 0 aromatic carbocycles. The van der Waals surface area contributed by atoms with Gasteiger partial charge in [0.1, 0.15) is 11.5 Å². The second-order valence-corrected chi connectivity index (χ2v) is 5.86. The number of esters is 1. The summed E-state index contributed by atoms with van der Waals surface area (Å²) in [5.74, 6) is 0.811. The molecule has 3 aromatic rings. The first-order valence-corrected chi connectivity index (χ1v) is 7.64. The maximum Gasteiger partial charge on any atom is 0.356 e. The van der Waals surface area contributed by atoms with Crippen molar-refractivity contribution in [3.05, 3.63) is 54.0 Å². The van der Waals surface area contributed by atoms with Crippen LogP contribution in [0.25, 0.3) is 5.65 Å². The van der Waals surface area contributed by atoms with E-state index in [0.29, 0.717) is 12.3 Å². The van der Waals surface area contributed by atoms with Gasteiger partial charge in [0.2, 0.25) is 0 Å². The van der Waals surface area contributed by atoms with E-state index in [1.807, 2.05) is 45.3 Å². The highest BCUT2D eigenvalue weighted by molar-refractivity contribution is 5.88. The third-order valence-electron chi connectivity index (χ3n) is 3.87. The summed E-state index contributed by atoms with van der Waals surface area (Å²) in [4.78, 5) is 20.8. The fourth-order valence-corrected chi connectivity index (χ4v) is 2.58. The topological polar surface area (TPSA) is 61.4 Å². The molecule has 0 radical (unpaired) electrons.